The fourth-order valence-electron chi connectivity index (χ4n) is 5.39. The van der Waals surface area contributed by atoms with Crippen molar-refractivity contribution >= 4 is 28.3 Å². The fraction of sp³-hybridized carbons (Fsp3) is 0.308. The Balaban J connectivity index is 1.42. The Morgan fingerprint density at radius 3 is 2.78 bits per heavy atom. The van der Waals surface area contributed by atoms with E-state index >= 15 is 0 Å². The molecule has 1 unspecified atom stereocenters. The number of nitrogens with zero attached hydrogens (tertiary/aromatic N) is 5. The molecule has 190 valence electrons. The minimum atomic E-state index is -0.760. The first-order valence-corrected chi connectivity index (χ1v) is 12.1. The van der Waals surface area contributed by atoms with E-state index in [-0.39, 0.29) is 17.0 Å². The molecule has 0 saturated carbocycles. The van der Waals surface area contributed by atoms with Crippen LogP contribution in [0.5, 0.6) is 5.75 Å². The highest BCUT2D eigenvalue weighted by Crippen LogP contribution is 2.40. The number of aryl methyl sites for hydroxylation is 2. The number of rotatable bonds is 5. The molecule has 2 fully saturated rings. The molecule has 2 bridgehead atoms. The average molecular weight is 504 g/mol. The molecule has 2 N–H and O–H groups in total. The van der Waals surface area contributed by atoms with Gasteiger partial charge in [-0.3, -0.25) is 9.59 Å². The SMILES string of the molecule is COc1cccc(F)c1-n1nccc(C(=O)Nc2ccc3c(nc(C)n3C)c2N2C[C@@H]3CC2CN3)c1=O. The van der Waals surface area contributed by atoms with Crippen molar-refractivity contribution in [1.29, 1.82) is 0 Å². The molecular weight excluding hydrogens is 477 g/mol. The van der Waals surface area contributed by atoms with Gasteiger partial charge in [-0.2, -0.15) is 9.78 Å². The van der Waals surface area contributed by atoms with Crippen LogP contribution in [0.1, 0.15) is 22.6 Å². The van der Waals surface area contributed by atoms with Gasteiger partial charge in [-0.05, 0) is 43.7 Å². The number of hydrogen-bond acceptors (Lipinski definition) is 7. The minimum Gasteiger partial charge on any atom is -0.494 e. The highest BCUT2D eigenvalue weighted by atomic mass is 19.1. The molecule has 10 nitrogen and oxygen atoms in total. The maximum atomic E-state index is 14.7. The lowest BCUT2D eigenvalue weighted by Crippen LogP contribution is -2.44. The van der Waals surface area contributed by atoms with E-state index < -0.39 is 17.3 Å². The van der Waals surface area contributed by atoms with Crippen LogP contribution in [0.25, 0.3) is 16.7 Å². The van der Waals surface area contributed by atoms with E-state index in [1.165, 1.54) is 37.6 Å². The van der Waals surface area contributed by atoms with Crippen LogP contribution in [-0.4, -0.2) is 57.5 Å². The normalized spacial score (nSPS) is 18.5. The van der Waals surface area contributed by atoms with Crippen molar-refractivity contribution in [3.63, 3.8) is 0 Å². The average Bonchev–Trinajstić information content (AvgIpc) is 3.59. The van der Waals surface area contributed by atoms with Gasteiger partial charge in [0.25, 0.3) is 11.5 Å². The third-order valence-electron chi connectivity index (χ3n) is 7.31. The number of benzene rings is 2. The molecule has 0 radical (unpaired) electrons. The van der Waals surface area contributed by atoms with Crippen LogP contribution in [0, 0.1) is 12.7 Å². The van der Waals surface area contributed by atoms with E-state index in [2.05, 4.69) is 20.6 Å². The van der Waals surface area contributed by atoms with Gasteiger partial charge in [0.15, 0.2) is 5.82 Å². The highest BCUT2D eigenvalue weighted by Gasteiger charge is 2.39. The zero-order valence-corrected chi connectivity index (χ0v) is 20.7. The Hall–Kier alpha value is -4.25. The number of hydrogen-bond donors (Lipinski definition) is 2. The lowest BCUT2D eigenvalue weighted by molar-refractivity contribution is 0.102. The Bertz CT molecular complexity index is 1610. The molecule has 11 heteroatoms. The number of imidazole rings is 1. The van der Waals surface area contributed by atoms with Gasteiger partial charge in [0.2, 0.25) is 0 Å². The second kappa shape index (κ2) is 8.70. The lowest BCUT2D eigenvalue weighted by atomic mass is 10.1. The first-order valence-electron chi connectivity index (χ1n) is 12.1. The Kier molecular flexibility index (Phi) is 5.45. The number of amides is 1. The highest BCUT2D eigenvalue weighted by molar-refractivity contribution is 6.09. The van der Waals surface area contributed by atoms with E-state index in [0.717, 1.165) is 46.7 Å². The van der Waals surface area contributed by atoms with Crippen LogP contribution in [0.3, 0.4) is 0 Å². The molecule has 0 aliphatic carbocycles. The largest absolute Gasteiger partial charge is 0.494 e. The number of carbonyl (C=O) groups excluding carboxylic acids is 1. The summed E-state index contributed by atoms with van der Waals surface area (Å²) in [5.41, 5.74) is 2.07. The van der Waals surface area contributed by atoms with E-state index in [4.69, 9.17) is 9.72 Å². The van der Waals surface area contributed by atoms with Crippen molar-refractivity contribution in [2.24, 2.45) is 7.05 Å². The molecule has 4 aromatic rings. The number of para-hydroxylation sites is 1. The second-order valence-electron chi connectivity index (χ2n) is 9.40. The van der Waals surface area contributed by atoms with Crippen LogP contribution in [0.4, 0.5) is 15.8 Å². The Morgan fingerprint density at radius 2 is 2.05 bits per heavy atom. The zero-order chi connectivity index (χ0) is 25.8. The monoisotopic (exact) mass is 503 g/mol. The van der Waals surface area contributed by atoms with Crippen molar-refractivity contribution in [3.8, 4) is 11.4 Å². The summed E-state index contributed by atoms with van der Waals surface area (Å²) in [5, 5.41) is 10.4. The second-order valence-corrected chi connectivity index (χ2v) is 9.40. The molecule has 2 saturated heterocycles. The molecule has 0 spiro atoms. The van der Waals surface area contributed by atoms with Gasteiger partial charge >= 0.3 is 0 Å². The van der Waals surface area contributed by atoms with Crippen molar-refractivity contribution in [2.75, 3.05) is 30.4 Å². The van der Waals surface area contributed by atoms with Gasteiger partial charge in [-0.25, -0.2) is 9.37 Å². The summed E-state index contributed by atoms with van der Waals surface area (Å²) < 4.78 is 22.7. The topological polar surface area (TPSA) is 106 Å². The number of carbonyl (C=O) groups is 1. The van der Waals surface area contributed by atoms with Gasteiger partial charge < -0.3 is 24.8 Å². The molecule has 37 heavy (non-hydrogen) atoms. The van der Waals surface area contributed by atoms with Crippen LogP contribution in [-0.2, 0) is 7.05 Å². The molecule has 2 atom stereocenters. The number of aromatic nitrogens is 4. The van der Waals surface area contributed by atoms with Crippen LogP contribution in [0.15, 0.2) is 47.4 Å². The van der Waals surface area contributed by atoms with Gasteiger partial charge in [-0.1, -0.05) is 6.07 Å². The van der Waals surface area contributed by atoms with E-state index in [9.17, 15) is 14.0 Å². The summed E-state index contributed by atoms with van der Waals surface area (Å²) in [5.74, 6) is -0.323. The van der Waals surface area contributed by atoms with Gasteiger partial charge in [-0.15, -0.1) is 0 Å². The van der Waals surface area contributed by atoms with Gasteiger partial charge in [0.1, 0.15) is 28.3 Å². The number of fused-ring (bicyclic) bond motifs is 3. The third kappa shape index (κ3) is 3.65. The Labute approximate surface area is 211 Å². The van der Waals surface area contributed by atoms with Crippen LogP contribution < -0.4 is 25.8 Å². The number of methoxy groups -OCH3 is 1. The van der Waals surface area contributed by atoms with Gasteiger partial charge in [0.05, 0.1) is 24.0 Å². The molecule has 6 rings (SSSR count). The number of halogens is 1. The van der Waals surface area contributed by atoms with Crippen LogP contribution >= 0.6 is 0 Å². The van der Waals surface area contributed by atoms with Crippen molar-refractivity contribution < 1.29 is 13.9 Å². The van der Waals surface area contributed by atoms with Crippen molar-refractivity contribution in [1.82, 2.24) is 24.6 Å². The minimum absolute atomic E-state index is 0.128. The summed E-state index contributed by atoms with van der Waals surface area (Å²) in [7, 11) is 3.33. The van der Waals surface area contributed by atoms with E-state index in [0.29, 0.717) is 17.8 Å². The molecule has 2 aromatic heterocycles. The standard InChI is InChI=1S/C26H26FN7O3/c1-14-30-22-20(32(14)2)8-7-19(24(22)33-13-15-11-16(33)12-28-15)31-25(35)17-9-10-29-34(26(17)36)23-18(27)5-4-6-21(23)37-3/h4-10,15-16,28H,11-13H2,1-3H3,(H,31,35)/t15-,16?/m0/s1. The number of ether oxygens (including phenoxy) is 1. The zero-order valence-electron chi connectivity index (χ0n) is 20.7. The summed E-state index contributed by atoms with van der Waals surface area (Å²) in [6.45, 7) is 3.60. The maximum Gasteiger partial charge on any atom is 0.284 e. The Morgan fingerprint density at radius 1 is 1.22 bits per heavy atom. The predicted octanol–water partition coefficient (Wildman–Crippen LogP) is 2.38. The maximum absolute atomic E-state index is 14.7. The van der Waals surface area contributed by atoms with E-state index in [1.54, 1.807) is 0 Å². The van der Waals surface area contributed by atoms with Gasteiger partial charge in [0, 0.05) is 38.4 Å². The molecule has 2 aliphatic rings. The summed E-state index contributed by atoms with van der Waals surface area (Å²) in [6, 6.07) is 9.95. The molecule has 2 aromatic carbocycles. The molecule has 2 aliphatic heterocycles. The van der Waals surface area contributed by atoms with E-state index in [1.807, 2.05) is 30.7 Å². The molecule has 1 amide bonds. The lowest BCUT2D eigenvalue weighted by Gasteiger charge is -2.31. The summed E-state index contributed by atoms with van der Waals surface area (Å²) in [4.78, 5) is 33.9. The number of nitrogens with one attached hydrogen (secondary N) is 2. The van der Waals surface area contributed by atoms with Crippen LogP contribution in [0.2, 0.25) is 0 Å². The van der Waals surface area contributed by atoms with Crippen molar-refractivity contribution in [2.45, 2.75) is 25.4 Å². The molecule has 4 heterocycles. The summed E-state index contributed by atoms with van der Waals surface area (Å²) in [6.07, 6.45) is 2.31. The first-order chi connectivity index (χ1) is 17.9. The third-order valence-corrected chi connectivity index (χ3v) is 7.31. The number of anilines is 2. The molecular formula is C26H26FN7O3. The smallest absolute Gasteiger partial charge is 0.284 e. The fourth-order valence-corrected chi connectivity index (χ4v) is 5.39. The summed E-state index contributed by atoms with van der Waals surface area (Å²) >= 11 is 0. The predicted molar refractivity (Wildman–Crippen MR) is 137 cm³/mol. The number of piperazine rings is 1. The quantitative estimate of drug-likeness (QED) is 0.431. The van der Waals surface area contributed by atoms with Crippen molar-refractivity contribution in [3.05, 3.63) is 70.2 Å². The first kappa shape index (κ1) is 23.2.